The van der Waals surface area contributed by atoms with Crippen LogP contribution in [0, 0.1) is 6.92 Å². The molecule has 0 atom stereocenters. The van der Waals surface area contributed by atoms with Crippen LogP contribution in [-0.4, -0.2) is 70.2 Å². The highest BCUT2D eigenvalue weighted by molar-refractivity contribution is 6.21. The van der Waals surface area contributed by atoms with Gasteiger partial charge in [-0.2, -0.15) is 4.98 Å². The van der Waals surface area contributed by atoms with Gasteiger partial charge in [0.15, 0.2) is 0 Å². The molecule has 1 fully saturated rings. The van der Waals surface area contributed by atoms with Gasteiger partial charge < -0.3 is 14.5 Å². The number of imide groups is 1. The van der Waals surface area contributed by atoms with Crippen LogP contribution in [0.15, 0.2) is 60.7 Å². The molecule has 1 saturated heterocycles. The van der Waals surface area contributed by atoms with Crippen LogP contribution >= 0.6 is 0 Å². The monoisotopic (exact) mass is 485 g/mol. The van der Waals surface area contributed by atoms with Crippen molar-refractivity contribution in [2.24, 2.45) is 0 Å². The summed E-state index contributed by atoms with van der Waals surface area (Å²) in [6.07, 6.45) is 0.727. The number of ether oxygens (including phenoxy) is 1. The molecule has 2 aromatic carbocycles. The van der Waals surface area contributed by atoms with E-state index in [0.29, 0.717) is 61.2 Å². The number of hydrogen-bond acceptors (Lipinski definition) is 7. The van der Waals surface area contributed by atoms with Crippen molar-refractivity contribution in [2.45, 2.75) is 19.8 Å². The van der Waals surface area contributed by atoms with Crippen molar-refractivity contribution >= 4 is 23.5 Å². The molecule has 3 aromatic rings. The van der Waals surface area contributed by atoms with E-state index in [0.717, 1.165) is 5.82 Å². The number of aromatic nitrogens is 2. The van der Waals surface area contributed by atoms with E-state index < -0.39 is 0 Å². The van der Waals surface area contributed by atoms with Gasteiger partial charge in [0.2, 0.25) is 11.8 Å². The minimum atomic E-state index is -0.285. The summed E-state index contributed by atoms with van der Waals surface area (Å²) in [4.78, 5) is 51.9. The first kappa shape index (κ1) is 23.5. The Hall–Kier alpha value is -4.27. The molecule has 3 heterocycles. The maximum Gasteiger partial charge on any atom is 0.261 e. The van der Waals surface area contributed by atoms with Gasteiger partial charge in [-0.3, -0.25) is 19.3 Å². The maximum absolute atomic E-state index is 12.8. The Morgan fingerprint density at radius 1 is 0.889 bits per heavy atom. The first-order chi connectivity index (χ1) is 17.5. The number of aryl methyl sites for hydroxylation is 1. The van der Waals surface area contributed by atoms with Crippen molar-refractivity contribution in [3.63, 3.8) is 0 Å². The fourth-order valence-corrected chi connectivity index (χ4v) is 4.52. The molecule has 0 spiro atoms. The number of fused-ring (bicyclic) bond motifs is 1. The average molecular weight is 486 g/mol. The lowest BCUT2D eigenvalue weighted by molar-refractivity contribution is -0.131. The van der Waals surface area contributed by atoms with Gasteiger partial charge in [0, 0.05) is 45.2 Å². The van der Waals surface area contributed by atoms with Crippen LogP contribution in [-0.2, 0) is 4.79 Å². The number of carbonyl (C=O) groups excluding carboxylic acids is 3. The molecule has 3 amide bonds. The minimum Gasteiger partial charge on any atom is -0.439 e. The lowest BCUT2D eigenvalue weighted by atomic mass is 10.1. The highest BCUT2D eigenvalue weighted by Gasteiger charge is 2.34. The van der Waals surface area contributed by atoms with Gasteiger partial charge in [0.25, 0.3) is 11.8 Å². The van der Waals surface area contributed by atoms with E-state index in [1.54, 1.807) is 24.3 Å². The topological polar surface area (TPSA) is 95.9 Å². The fourth-order valence-electron chi connectivity index (χ4n) is 4.52. The lowest BCUT2D eigenvalue weighted by Crippen LogP contribution is -2.49. The first-order valence-electron chi connectivity index (χ1n) is 12.1. The number of rotatable bonds is 7. The zero-order valence-electron chi connectivity index (χ0n) is 20.1. The number of para-hydroxylation sites is 1. The largest absolute Gasteiger partial charge is 0.439 e. The van der Waals surface area contributed by atoms with E-state index in [1.165, 1.54) is 4.90 Å². The molecule has 5 rings (SSSR count). The van der Waals surface area contributed by atoms with Crippen molar-refractivity contribution in [3.8, 4) is 11.6 Å². The summed E-state index contributed by atoms with van der Waals surface area (Å²) in [5, 5.41) is 0. The number of anilines is 1. The van der Waals surface area contributed by atoms with Crippen molar-refractivity contribution in [2.75, 3.05) is 37.6 Å². The normalized spacial score (nSPS) is 15.3. The molecule has 9 heteroatoms. The Kier molecular flexibility index (Phi) is 6.62. The standard InChI is InChI=1S/C27H27N5O4/c1-19-28-23(18-24(29-19)36-20-8-3-2-4-9-20)30-14-16-31(17-15-30)25(33)12-7-13-32-26(34)21-10-5-6-11-22(21)27(32)35/h2-6,8-11,18H,7,12-17H2,1H3. The van der Waals surface area contributed by atoms with Gasteiger partial charge in [-0.05, 0) is 37.6 Å². The quantitative estimate of drug-likeness (QED) is 0.474. The number of nitrogens with zero attached hydrogens (tertiary/aromatic N) is 5. The summed E-state index contributed by atoms with van der Waals surface area (Å²) in [7, 11) is 0. The Morgan fingerprint density at radius 2 is 1.53 bits per heavy atom. The smallest absolute Gasteiger partial charge is 0.261 e. The van der Waals surface area contributed by atoms with E-state index in [9.17, 15) is 14.4 Å². The van der Waals surface area contributed by atoms with Gasteiger partial charge >= 0.3 is 0 Å². The van der Waals surface area contributed by atoms with Crippen LogP contribution in [0.5, 0.6) is 11.6 Å². The van der Waals surface area contributed by atoms with Crippen molar-refractivity contribution < 1.29 is 19.1 Å². The van der Waals surface area contributed by atoms with Crippen LogP contribution in [0.1, 0.15) is 39.4 Å². The lowest BCUT2D eigenvalue weighted by Gasteiger charge is -2.35. The van der Waals surface area contributed by atoms with E-state index >= 15 is 0 Å². The van der Waals surface area contributed by atoms with Crippen LogP contribution in [0.3, 0.4) is 0 Å². The molecule has 184 valence electrons. The fraction of sp³-hybridized carbons (Fsp3) is 0.296. The van der Waals surface area contributed by atoms with Crippen LogP contribution in [0.2, 0.25) is 0 Å². The van der Waals surface area contributed by atoms with Gasteiger partial charge in [-0.15, -0.1) is 0 Å². The molecule has 0 N–H and O–H groups in total. The molecule has 0 bridgehead atoms. The van der Waals surface area contributed by atoms with E-state index in [-0.39, 0.29) is 30.7 Å². The molecule has 0 saturated carbocycles. The minimum absolute atomic E-state index is 0.0261. The Labute approximate surface area is 209 Å². The first-order valence-corrected chi connectivity index (χ1v) is 12.1. The molecule has 36 heavy (non-hydrogen) atoms. The van der Waals surface area contributed by atoms with E-state index in [2.05, 4.69) is 14.9 Å². The number of amides is 3. The molecular formula is C27H27N5O4. The Balaban J connectivity index is 1.12. The van der Waals surface area contributed by atoms with Gasteiger partial charge in [0.05, 0.1) is 11.1 Å². The van der Waals surface area contributed by atoms with Crippen LogP contribution in [0.4, 0.5) is 5.82 Å². The molecule has 0 unspecified atom stereocenters. The average Bonchev–Trinajstić information content (AvgIpc) is 3.14. The third kappa shape index (κ3) is 4.91. The molecule has 2 aliphatic heterocycles. The summed E-state index contributed by atoms with van der Waals surface area (Å²) < 4.78 is 5.88. The van der Waals surface area contributed by atoms with Gasteiger partial charge in [-0.25, -0.2) is 4.98 Å². The van der Waals surface area contributed by atoms with Crippen molar-refractivity contribution in [1.82, 2.24) is 19.8 Å². The number of piperazine rings is 1. The maximum atomic E-state index is 12.8. The second kappa shape index (κ2) is 10.2. The third-order valence-corrected chi connectivity index (χ3v) is 6.37. The summed E-state index contributed by atoms with van der Waals surface area (Å²) >= 11 is 0. The molecule has 0 aliphatic carbocycles. The summed E-state index contributed by atoms with van der Waals surface area (Å²) in [5.74, 6) is 2.03. The van der Waals surface area contributed by atoms with Gasteiger partial charge in [-0.1, -0.05) is 30.3 Å². The highest BCUT2D eigenvalue weighted by atomic mass is 16.5. The van der Waals surface area contributed by atoms with Gasteiger partial charge in [0.1, 0.15) is 17.4 Å². The van der Waals surface area contributed by atoms with Crippen LogP contribution in [0.25, 0.3) is 0 Å². The summed E-state index contributed by atoms with van der Waals surface area (Å²) in [6, 6.07) is 18.1. The number of hydrogen-bond donors (Lipinski definition) is 0. The predicted molar refractivity (Wildman–Crippen MR) is 133 cm³/mol. The molecular weight excluding hydrogens is 458 g/mol. The van der Waals surface area contributed by atoms with Crippen LogP contribution < -0.4 is 9.64 Å². The zero-order chi connectivity index (χ0) is 25.1. The zero-order valence-corrected chi connectivity index (χ0v) is 20.1. The van der Waals surface area contributed by atoms with E-state index in [1.807, 2.05) is 48.2 Å². The second-order valence-electron chi connectivity index (χ2n) is 8.81. The van der Waals surface area contributed by atoms with E-state index in [4.69, 9.17) is 4.74 Å². The van der Waals surface area contributed by atoms with Crippen molar-refractivity contribution in [1.29, 1.82) is 0 Å². The molecule has 9 nitrogen and oxygen atoms in total. The molecule has 2 aliphatic rings. The Morgan fingerprint density at radius 3 is 2.19 bits per heavy atom. The third-order valence-electron chi connectivity index (χ3n) is 6.37. The SMILES string of the molecule is Cc1nc(Oc2ccccc2)cc(N2CCN(C(=O)CCCN3C(=O)c4ccccc4C3=O)CC2)n1. The number of benzene rings is 2. The predicted octanol–water partition coefficient (Wildman–Crippen LogP) is 3.30. The number of carbonyl (C=O) groups is 3. The Bertz CT molecular complexity index is 1250. The summed E-state index contributed by atoms with van der Waals surface area (Å²) in [6.45, 7) is 4.50. The van der Waals surface area contributed by atoms with Crippen molar-refractivity contribution in [3.05, 3.63) is 77.6 Å². The molecule has 0 radical (unpaired) electrons. The highest BCUT2D eigenvalue weighted by Crippen LogP contribution is 2.25. The molecule has 1 aromatic heterocycles. The second-order valence-corrected chi connectivity index (χ2v) is 8.81. The summed E-state index contributed by atoms with van der Waals surface area (Å²) in [5.41, 5.74) is 0.865.